The van der Waals surface area contributed by atoms with E-state index in [1.54, 1.807) is 24.3 Å². The maximum Gasteiger partial charge on any atom is 0.263 e. The van der Waals surface area contributed by atoms with Crippen LogP contribution in [0, 0.1) is 0 Å². The van der Waals surface area contributed by atoms with Crippen LogP contribution in [-0.2, 0) is 21.2 Å². The number of fused-ring (bicyclic) bond motifs is 1. The van der Waals surface area contributed by atoms with Crippen molar-refractivity contribution in [1.29, 1.82) is 0 Å². The number of halogens is 1. The van der Waals surface area contributed by atoms with E-state index in [0.29, 0.717) is 31.2 Å². The molecule has 2 aliphatic rings. The Kier molecular flexibility index (Phi) is 8.06. The molecule has 0 radical (unpaired) electrons. The zero-order valence-electron chi connectivity index (χ0n) is 23.1. The molecule has 1 atom stereocenters. The van der Waals surface area contributed by atoms with E-state index in [0.717, 1.165) is 41.3 Å². The average molecular weight is 623 g/mol. The highest BCUT2D eigenvalue weighted by Crippen LogP contribution is 2.32. The van der Waals surface area contributed by atoms with Crippen LogP contribution in [0.2, 0.25) is 5.02 Å². The van der Waals surface area contributed by atoms with Crippen molar-refractivity contribution in [3.63, 3.8) is 0 Å². The van der Waals surface area contributed by atoms with Crippen LogP contribution in [0.4, 0.5) is 16.5 Å². The van der Waals surface area contributed by atoms with Gasteiger partial charge in [0.05, 0.1) is 4.90 Å². The van der Waals surface area contributed by atoms with Crippen LogP contribution in [0.15, 0.2) is 77.7 Å². The van der Waals surface area contributed by atoms with Gasteiger partial charge in [-0.05, 0) is 67.8 Å². The largest absolute Gasteiger partial charge is 0.368 e. The van der Waals surface area contributed by atoms with Crippen LogP contribution in [0.5, 0.6) is 0 Å². The van der Waals surface area contributed by atoms with Gasteiger partial charge in [-0.1, -0.05) is 53.3 Å². The molecule has 4 aromatic rings. The minimum absolute atomic E-state index is 0.122. The molecule has 1 fully saturated rings. The quantitative estimate of drug-likeness (QED) is 0.304. The molecule has 218 valence electrons. The number of sulfonamides is 1. The number of amides is 1. The molecule has 0 saturated carbocycles. The molecule has 0 bridgehead atoms. The fourth-order valence-electron chi connectivity index (χ4n) is 5.55. The standard InChI is InChI=1S/C30H31ClN6O3S2/c1-21(37-15-5-8-23-20-24(31)9-14-27(23)37)29(38)36-18-16-35(17-19-36)25-10-12-26(13-11-25)42(39,40)34-30-33-32-28(41-30)22-6-3-2-4-7-22/h2-4,6-7,9-14,20-21H,5,8,15-19H2,1H3,(H,33,34)/t21-/m0/s1. The van der Waals surface area contributed by atoms with Gasteiger partial charge < -0.3 is 14.7 Å². The number of anilines is 3. The maximum absolute atomic E-state index is 13.5. The summed E-state index contributed by atoms with van der Waals surface area (Å²) in [6.07, 6.45) is 1.97. The molecule has 1 saturated heterocycles. The van der Waals surface area contributed by atoms with Crippen molar-refractivity contribution in [1.82, 2.24) is 15.1 Å². The fourth-order valence-corrected chi connectivity index (χ4v) is 7.73. The van der Waals surface area contributed by atoms with Crippen LogP contribution in [0.1, 0.15) is 18.9 Å². The Hall–Kier alpha value is -3.67. The van der Waals surface area contributed by atoms with Gasteiger partial charge in [-0.2, -0.15) is 0 Å². The van der Waals surface area contributed by atoms with E-state index in [-0.39, 0.29) is 22.0 Å². The molecule has 6 rings (SSSR count). The second-order valence-electron chi connectivity index (χ2n) is 10.4. The van der Waals surface area contributed by atoms with Gasteiger partial charge in [-0.25, -0.2) is 8.42 Å². The van der Waals surface area contributed by atoms with Crippen molar-refractivity contribution >= 4 is 55.4 Å². The minimum atomic E-state index is -3.82. The molecular weight excluding hydrogens is 592 g/mol. The number of nitrogens with zero attached hydrogens (tertiary/aromatic N) is 5. The number of aryl methyl sites for hydroxylation is 1. The van der Waals surface area contributed by atoms with Gasteiger partial charge in [0, 0.05) is 54.7 Å². The molecule has 1 aromatic heterocycles. The van der Waals surface area contributed by atoms with Gasteiger partial charge in [0.25, 0.3) is 10.0 Å². The van der Waals surface area contributed by atoms with Crippen molar-refractivity contribution in [2.75, 3.05) is 47.2 Å². The molecule has 0 unspecified atom stereocenters. The Labute approximate surface area is 254 Å². The van der Waals surface area contributed by atoms with Gasteiger partial charge in [0.15, 0.2) is 0 Å². The summed E-state index contributed by atoms with van der Waals surface area (Å²) >= 11 is 7.38. The molecule has 3 heterocycles. The third kappa shape index (κ3) is 5.95. The maximum atomic E-state index is 13.5. The number of nitrogens with one attached hydrogen (secondary N) is 1. The second kappa shape index (κ2) is 11.9. The van der Waals surface area contributed by atoms with E-state index in [1.807, 2.05) is 60.4 Å². The van der Waals surface area contributed by atoms with Gasteiger partial charge in [-0.15, -0.1) is 10.2 Å². The summed E-state index contributed by atoms with van der Waals surface area (Å²) in [6.45, 7) is 5.37. The molecule has 1 amide bonds. The van der Waals surface area contributed by atoms with Gasteiger partial charge in [0.1, 0.15) is 11.0 Å². The van der Waals surface area contributed by atoms with Crippen molar-refractivity contribution in [2.24, 2.45) is 0 Å². The Bertz CT molecular complexity index is 1670. The topological polar surface area (TPSA) is 98.7 Å². The smallest absolute Gasteiger partial charge is 0.263 e. The normalized spacial score (nSPS) is 16.2. The first-order chi connectivity index (χ1) is 20.3. The predicted molar refractivity (Wildman–Crippen MR) is 168 cm³/mol. The average Bonchev–Trinajstić information content (AvgIpc) is 3.48. The number of carbonyl (C=O) groups excluding carboxylic acids is 1. The molecule has 12 heteroatoms. The van der Waals surface area contributed by atoms with E-state index >= 15 is 0 Å². The van der Waals surface area contributed by atoms with Crippen LogP contribution in [-0.4, -0.2) is 68.2 Å². The van der Waals surface area contributed by atoms with E-state index in [1.165, 1.54) is 16.9 Å². The van der Waals surface area contributed by atoms with Gasteiger partial charge in [-0.3, -0.25) is 9.52 Å². The minimum Gasteiger partial charge on any atom is -0.368 e. The number of carbonyl (C=O) groups is 1. The molecule has 42 heavy (non-hydrogen) atoms. The lowest BCUT2D eigenvalue weighted by atomic mass is 10.00. The third-order valence-corrected chi connectivity index (χ3v) is 10.4. The monoisotopic (exact) mass is 622 g/mol. The third-order valence-electron chi connectivity index (χ3n) is 7.79. The molecule has 0 spiro atoms. The summed E-state index contributed by atoms with van der Waals surface area (Å²) in [7, 11) is -3.82. The van der Waals surface area contributed by atoms with Crippen LogP contribution < -0.4 is 14.5 Å². The summed E-state index contributed by atoms with van der Waals surface area (Å²) < 4.78 is 28.5. The van der Waals surface area contributed by atoms with Crippen LogP contribution in [0.25, 0.3) is 10.6 Å². The van der Waals surface area contributed by atoms with Crippen LogP contribution >= 0.6 is 22.9 Å². The van der Waals surface area contributed by atoms with Gasteiger partial charge in [0.2, 0.25) is 11.0 Å². The summed E-state index contributed by atoms with van der Waals surface area (Å²) in [5.74, 6) is 0.122. The van der Waals surface area contributed by atoms with Crippen molar-refractivity contribution < 1.29 is 13.2 Å². The lowest BCUT2D eigenvalue weighted by molar-refractivity contribution is -0.132. The Morgan fingerprint density at radius 1 is 0.952 bits per heavy atom. The summed E-state index contributed by atoms with van der Waals surface area (Å²) in [5.41, 5.74) is 4.08. The summed E-state index contributed by atoms with van der Waals surface area (Å²) in [6, 6.07) is 22.0. The highest BCUT2D eigenvalue weighted by molar-refractivity contribution is 7.93. The van der Waals surface area contributed by atoms with E-state index in [9.17, 15) is 13.2 Å². The first kappa shape index (κ1) is 28.4. The number of rotatable bonds is 7. The predicted octanol–water partition coefficient (Wildman–Crippen LogP) is 5.15. The molecule has 3 aromatic carbocycles. The first-order valence-corrected chi connectivity index (χ1v) is 16.6. The zero-order chi connectivity index (χ0) is 29.3. The van der Waals surface area contributed by atoms with Crippen molar-refractivity contribution in [3.05, 3.63) is 83.4 Å². The zero-order valence-corrected chi connectivity index (χ0v) is 25.5. The Balaban J connectivity index is 1.06. The fraction of sp³-hybridized carbons (Fsp3) is 0.300. The molecule has 1 N–H and O–H groups in total. The first-order valence-electron chi connectivity index (χ1n) is 13.9. The number of benzene rings is 3. The van der Waals surface area contributed by atoms with E-state index in [4.69, 9.17) is 11.6 Å². The van der Waals surface area contributed by atoms with Crippen molar-refractivity contribution in [2.45, 2.75) is 30.7 Å². The lowest BCUT2D eigenvalue weighted by Crippen LogP contribution is -2.55. The summed E-state index contributed by atoms with van der Waals surface area (Å²) in [5, 5.41) is 9.69. The van der Waals surface area contributed by atoms with E-state index in [2.05, 4.69) is 24.7 Å². The second-order valence-corrected chi connectivity index (χ2v) is 13.5. The molecule has 2 aliphatic heterocycles. The lowest BCUT2D eigenvalue weighted by Gasteiger charge is -2.41. The number of hydrogen-bond acceptors (Lipinski definition) is 8. The number of aromatic nitrogens is 2. The number of piperazine rings is 1. The van der Waals surface area contributed by atoms with Crippen LogP contribution in [0.3, 0.4) is 0 Å². The summed E-state index contributed by atoms with van der Waals surface area (Å²) in [4.78, 5) is 19.9. The van der Waals surface area contributed by atoms with Crippen molar-refractivity contribution in [3.8, 4) is 10.6 Å². The Morgan fingerprint density at radius 2 is 1.69 bits per heavy atom. The highest BCUT2D eigenvalue weighted by Gasteiger charge is 2.31. The SMILES string of the molecule is C[C@@H](C(=O)N1CCN(c2ccc(S(=O)(=O)Nc3nnc(-c4ccccc4)s3)cc2)CC1)N1CCCc2cc(Cl)ccc21. The molecule has 0 aliphatic carbocycles. The Morgan fingerprint density at radius 3 is 2.43 bits per heavy atom. The molecular formula is C30H31ClN6O3S2. The molecule has 9 nitrogen and oxygen atoms in total. The highest BCUT2D eigenvalue weighted by atomic mass is 35.5. The number of hydrogen-bond donors (Lipinski definition) is 1. The van der Waals surface area contributed by atoms with E-state index < -0.39 is 10.0 Å². The van der Waals surface area contributed by atoms with Gasteiger partial charge >= 0.3 is 0 Å².